The van der Waals surface area contributed by atoms with Gasteiger partial charge in [-0.15, -0.1) is 11.3 Å². The first-order valence-corrected chi connectivity index (χ1v) is 12.7. The fourth-order valence-electron chi connectivity index (χ4n) is 4.90. The van der Waals surface area contributed by atoms with Gasteiger partial charge < -0.3 is 14.4 Å². The highest BCUT2D eigenvalue weighted by Crippen LogP contribution is 2.31. The summed E-state index contributed by atoms with van der Waals surface area (Å²) < 4.78 is 2.04. The zero-order chi connectivity index (χ0) is 22.1. The number of aromatic nitrogens is 2. The van der Waals surface area contributed by atoms with E-state index in [4.69, 9.17) is 22.6 Å². The molecule has 0 unspecified atom stereocenters. The van der Waals surface area contributed by atoms with E-state index in [1.807, 2.05) is 17.0 Å². The van der Waals surface area contributed by atoms with Crippen LogP contribution in [-0.2, 0) is 19.5 Å². The lowest BCUT2D eigenvalue weighted by atomic mass is 10.1. The molecule has 4 heterocycles. The van der Waals surface area contributed by atoms with Gasteiger partial charge in [0, 0.05) is 67.3 Å². The number of anilines is 1. The van der Waals surface area contributed by atoms with Gasteiger partial charge in [0.1, 0.15) is 10.3 Å². The van der Waals surface area contributed by atoms with Crippen LogP contribution in [0, 0.1) is 5.41 Å². The molecule has 0 aliphatic carbocycles. The molecule has 6 nitrogen and oxygen atoms in total. The van der Waals surface area contributed by atoms with Crippen molar-refractivity contribution in [1.82, 2.24) is 19.4 Å². The minimum Gasteiger partial charge on any atom is -0.368 e. The molecule has 0 spiro atoms. The number of benzene rings is 1. The summed E-state index contributed by atoms with van der Waals surface area (Å²) >= 11 is 6.95. The summed E-state index contributed by atoms with van der Waals surface area (Å²) in [7, 11) is 2.17. The van der Waals surface area contributed by atoms with Gasteiger partial charge in [-0.2, -0.15) is 0 Å². The van der Waals surface area contributed by atoms with E-state index in [-0.39, 0.29) is 0 Å². The Labute approximate surface area is 198 Å². The van der Waals surface area contributed by atoms with Gasteiger partial charge in [-0.25, -0.2) is 4.98 Å². The number of likely N-dealkylation sites (N-methyl/N-ethyl adjacent to an activating group) is 1. The minimum atomic E-state index is 0.638. The molecule has 1 N–H and O–H groups in total. The number of thiocarbonyl (C=S) groups is 1. The highest BCUT2D eigenvalue weighted by molar-refractivity contribution is 7.79. The second kappa shape index (κ2) is 9.39. The molecule has 2 aliphatic heterocycles. The number of nitrogens with zero attached hydrogens (tertiary/aromatic N) is 5. The Hall–Kier alpha value is -2.13. The standard InChI is InChI=1S/C24H30N6S2/c1-27-10-7-19-21(15-27)32-24-22(19)23(25)30(17-26-24)9-4-8-28-11-13-29(14-12-28)20-6-3-2-5-18(20)16-31/h2-3,5-6,16-17,25H,4,7-15H2,1H3. The second-order valence-electron chi connectivity index (χ2n) is 8.82. The van der Waals surface area contributed by atoms with Crippen molar-refractivity contribution in [3.8, 4) is 0 Å². The van der Waals surface area contributed by atoms with Gasteiger partial charge in [0.2, 0.25) is 0 Å². The monoisotopic (exact) mass is 466 g/mol. The summed E-state index contributed by atoms with van der Waals surface area (Å²) in [5.74, 6) is 0. The Morgan fingerprint density at radius 2 is 1.94 bits per heavy atom. The fraction of sp³-hybridized carbons (Fsp3) is 0.458. The average molecular weight is 467 g/mol. The summed E-state index contributed by atoms with van der Waals surface area (Å²) in [6.07, 6.45) is 3.94. The maximum atomic E-state index is 8.81. The molecule has 2 aliphatic rings. The van der Waals surface area contributed by atoms with Crippen LogP contribution in [0.1, 0.15) is 22.4 Å². The maximum absolute atomic E-state index is 8.81. The topological polar surface area (TPSA) is 51.4 Å². The molecule has 0 radical (unpaired) electrons. The Morgan fingerprint density at radius 3 is 2.75 bits per heavy atom. The third-order valence-corrected chi connectivity index (χ3v) is 8.10. The number of piperazine rings is 1. The van der Waals surface area contributed by atoms with Crippen molar-refractivity contribution in [2.24, 2.45) is 0 Å². The zero-order valence-corrected chi connectivity index (χ0v) is 20.2. The number of aryl methyl sites for hydroxylation is 1. The molecular weight excluding hydrogens is 436 g/mol. The van der Waals surface area contributed by atoms with Crippen molar-refractivity contribution in [1.29, 1.82) is 5.41 Å². The molecule has 0 saturated carbocycles. The molecule has 2 aromatic heterocycles. The van der Waals surface area contributed by atoms with Crippen LogP contribution in [0.2, 0.25) is 0 Å². The lowest BCUT2D eigenvalue weighted by Gasteiger charge is -2.36. The number of fused-ring (bicyclic) bond motifs is 3. The Kier molecular flexibility index (Phi) is 6.37. The minimum absolute atomic E-state index is 0.638. The number of hydrogen-bond acceptors (Lipinski definition) is 7. The van der Waals surface area contributed by atoms with Crippen LogP contribution in [-0.4, -0.2) is 71.0 Å². The van der Waals surface area contributed by atoms with Gasteiger partial charge in [-0.3, -0.25) is 10.3 Å². The van der Waals surface area contributed by atoms with Crippen LogP contribution in [0.15, 0.2) is 30.6 Å². The van der Waals surface area contributed by atoms with E-state index in [1.165, 1.54) is 16.1 Å². The molecule has 3 aromatic rings. The molecule has 1 saturated heterocycles. The van der Waals surface area contributed by atoms with E-state index >= 15 is 0 Å². The van der Waals surface area contributed by atoms with Gasteiger partial charge in [0.15, 0.2) is 0 Å². The van der Waals surface area contributed by atoms with E-state index in [0.29, 0.717) is 5.49 Å². The van der Waals surface area contributed by atoms with Crippen LogP contribution in [0.4, 0.5) is 5.69 Å². The summed E-state index contributed by atoms with van der Waals surface area (Å²) in [4.78, 5) is 14.5. The van der Waals surface area contributed by atoms with E-state index in [1.54, 1.807) is 16.7 Å². The van der Waals surface area contributed by atoms with Crippen LogP contribution >= 0.6 is 23.6 Å². The number of nitrogens with one attached hydrogen (secondary N) is 1. The van der Waals surface area contributed by atoms with Crippen LogP contribution in [0.3, 0.4) is 0 Å². The molecule has 168 valence electrons. The van der Waals surface area contributed by atoms with E-state index in [9.17, 15) is 0 Å². The highest BCUT2D eigenvalue weighted by atomic mass is 32.1. The Balaban J connectivity index is 1.19. The normalized spacial score (nSPS) is 17.6. The van der Waals surface area contributed by atoms with Gasteiger partial charge >= 0.3 is 0 Å². The third kappa shape index (κ3) is 4.24. The molecular formula is C24H30N6S2. The molecule has 1 aromatic carbocycles. The summed E-state index contributed by atoms with van der Waals surface area (Å²) in [6.45, 7) is 8.13. The fourth-order valence-corrected chi connectivity index (χ4v) is 6.36. The largest absolute Gasteiger partial charge is 0.368 e. The number of hydrogen-bond donors (Lipinski definition) is 1. The first-order chi connectivity index (χ1) is 15.6. The Bertz CT molecular complexity index is 1170. The first kappa shape index (κ1) is 21.7. The third-order valence-electron chi connectivity index (χ3n) is 6.72. The molecule has 1 fully saturated rings. The Morgan fingerprint density at radius 1 is 1.12 bits per heavy atom. The molecule has 8 heteroatoms. The quantitative estimate of drug-likeness (QED) is 0.566. The first-order valence-electron chi connectivity index (χ1n) is 11.4. The predicted octanol–water partition coefficient (Wildman–Crippen LogP) is 3.13. The maximum Gasteiger partial charge on any atom is 0.136 e. The van der Waals surface area contributed by atoms with Crippen molar-refractivity contribution in [3.05, 3.63) is 52.1 Å². The van der Waals surface area contributed by atoms with Gasteiger partial charge in [0.05, 0.1) is 11.7 Å². The van der Waals surface area contributed by atoms with Crippen molar-refractivity contribution in [3.63, 3.8) is 0 Å². The van der Waals surface area contributed by atoms with Gasteiger partial charge in [0.25, 0.3) is 0 Å². The van der Waals surface area contributed by atoms with Gasteiger partial charge in [-0.1, -0.05) is 30.4 Å². The molecule has 5 rings (SSSR count). The predicted molar refractivity (Wildman–Crippen MR) is 136 cm³/mol. The van der Waals surface area contributed by atoms with Crippen molar-refractivity contribution in [2.75, 3.05) is 51.2 Å². The zero-order valence-electron chi connectivity index (χ0n) is 18.6. The van der Waals surface area contributed by atoms with Crippen LogP contribution < -0.4 is 10.4 Å². The molecule has 0 amide bonds. The smallest absolute Gasteiger partial charge is 0.136 e. The summed E-state index contributed by atoms with van der Waals surface area (Å²) in [6, 6.07) is 8.41. The van der Waals surface area contributed by atoms with E-state index in [0.717, 1.165) is 81.0 Å². The number of thiophene rings is 1. The second-order valence-corrected chi connectivity index (χ2v) is 10.1. The summed E-state index contributed by atoms with van der Waals surface area (Å²) in [5.41, 5.74) is 4.39. The van der Waals surface area contributed by atoms with Crippen molar-refractivity contribution < 1.29 is 0 Å². The number of rotatable bonds is 6. The van der Waals surface area contributed by atoms with Crippen LogP contribution in [0.25, 0.3) is 10.2 Å². The average Bonchev–Trinajstić information content (AvgIpc) is 3.19. The van der Waals surface area contributed by atoms with Crippen LogP contribution in [0.5, 0.6) is 0 Å². The van der Waals surface area contributed by atoms with Crippen molar-refractivity contribution in [2.45, 2.75) is 25.9 Å². The number of para-hydroxylation sites is 1. The van der Waals surface area contributed by atoms with Crippen molar-refractivity contribution >= 4 is 44.8 Å². The van der Waals surface area contributed by atoms with Gasteiger partial charge in [-0.05, 0) is 38.1 Å². The molecule has 0 atom stereocenters. The SMILES string of the molecule is CN1CCc2c(sc3ncn(CCCN4CCN(c5ccccc5C=S)CC4)c(=N)c23)C1. The summed E-state index contributed by atoms with van der Waals surface area (Å²) in [5, 5.41) is 11.7. The molecule has 0 bridgehead atoms. The van der Waals surface area contributed by atoms with E-state index < -0.39 is 0 Å². The molecule has 32 heavy (non-hydrogen) atoms. The van der Waals surface area contributed by atoms with E-state index in [2.05, 4.69) is 39.9 Å². The highest BCUT2D eigenvalue weighted by Gasteiger charge is 2.21. The lowest BCUT2D eigenvalue weighted by molar-refractivity contribution is 0.250. The lowest BCUT2D eigenvalue weighted by Crippen LogP contribution is -2.47.